The SMILES string of the molecule is Cc1cc(C)c(Oc2ccc3nccnc3n2)cc1N. The lowest BCUT2D eigenvalue weighted by atomic mass is 10.1. The first-order valence-corrected chi connectivity index (χ1v) is 6.26. The van der Waals surface area contributed by atoms with Crippen LogP contribution in [-0.4, -0.2) is 15.0 Å². The number of hydrogen-bond acceptors (Lipinski definition) is 5. The number of nitrogens with zero attached hydrogens (tertiary/aromatic N) is 3. The fraction of sp³-hybridized carbons (Fsp3) is 0.133. The molecule has 0 fully saturated rings. The number of hydrogen-bond donors (Lipinski definition) is 1. The van der Waals surface area contributed by atoms with E-state index in [1.54, 1.807) is 18.5 Å². The quantitative estimate of drug-likeness (QED) is 0.722. The third-order valence-corrected chi connectivity index (χ3v) is 3.08. The summed E-state index contributed by atoms with van der Waals surface area (Å²) in [5.41, 5.74) is 9.95. The first kappa shape index (κ1) is 12.3. The summed E-state index contributed by atoms with van der Waals surface area (Å²) < 4.78 is 5.79. The van der Waals surface area contributed by atoms with E-state index in [0.717, 1.165) is 16.6 Å². The molecular formula is C15H14N4O. The zero-order valence-corrected chi connectivity index (χ0v) is 11.3. The summed E-state index contributed by atoms with van der Waals surface area (Å²) in [5, 5.41) is 0. The fourth-order valence-electron chi connectivity index (χ4n) is 1.96. The number of benzene rings is 1. The molecule has 2 N–H and O–H groups in total. The maximum absolute atomic E-state index is 5.91. The van der Waals surface area contributed by atoms with Gasteiger partial charge in [-0.25, -0.2) is 4.98 Å². The molecule has 20 heavy (non-hydrogen) atoms. The molecule has 0 bridgehead atoms. The van der Waals surface area contributed by atoms with Crippen molar-refractivity contribution in [2.45, 2.75) is 13.8 Å². The Morgan fingerprint density at radius 1 is 1.00 bits per heavy atom. The second-order valence-electron chi connectivity index (χ2n) is 4.62. The Hall–Kier alpha value is -2.69. The molecule has 5 nitrogen and oxygen atoms in total. The molecule has 3 aromatic rings. The van der Waals surface area contributed by atoms with Crippen LogP contribution < -0.4 is 10.5 Å². The zero-order valence-electron chi connectivity index (χ0n) is 11.3. The lowest BCUT2D eigenvalue weighted by Gasteiger charge is -2.10. The van der Waals surface area contributed by atoms with Crippen LogP contribution >= 0.6 is 0 Å². The topological polar surface area (TPSA) is 73.9 Å². The monoisotopic (exact) mass is 266 g/mol. The van der Waals surface area contributed by atoms with Gasteiger partial charge in [0.25, 0.3) is 0 Å². The van der Waals surface area contributed by atoms with Crippen LogP contribution in [0.1, 0.15) is 11.1 Å². The summed E-state index contributed by atoms with van der Waals surface area (Å²) in [7, 11) is 0. The van der Waals surface area contributed by atoms with Crippen molar-refractivity contribution in [1.29, 1.82) is 0 Å². The number of nitrogen functional groups attached to an aromatic ring is 1. The van der Waals surface area contributed by atoms with Gasteiger partial charge in [0.05, 0.1) is 0 Å². The fourth-order valence-corrected chi connectivity index (χ4v) is 1.96. The Morgan fingerprint density at radius 2 is 1.80 bits per heavy atom. The van der Waals surface area contributed by atoms with E-state index in [9.17, 15) is 0 Å². The lowest BCUT2D eigenvalue weighted by molar-refractivity contribution is 0.461. The van der Waals surface area contributed by atoms with Crippen LogP contribution in [0.15, 0.2) is 36.7 Å². The first-order valence-electron chi connectivity index (χ1n) is 6.26. The van der Waals surface area contributed by atoms with Gasteiger partial charge in [-0.05, 0) is 31.0 Å². The highest BCUT2D eigenvalue weighted by Gasteiger charge is 2.07. The molecule has 1 aromatic carbocycles. The van der Waals surface area contributed by atoms with Crippen LogP contribution in [0.5, 0.6) is 11.6 Å². The van der Waals surface area contributed by atoms with Gasteiger partial charge in [-0.15, -0.1) is 0 Å². The summed E-state index contributed by atoms with van der Waals surface area (Å²) >= 11 is 0. The highest BCUT2D eigenvalue weighted by atomic mass is 16.5. The Balaban J connectivity index is 1.99. The van der Waals surface area contributed by atoms with Gasteiger partial charge in [0.15, 0.2) is 5.65 Å². The van der Waals surface area contributed by atoms with Crippen molar-refractivity contribution in [3.8, 4) is 11.6 Å². The molecule has 0 aliphatic rings. The Kier molecular flexibility index (Phi) is 2.95. The van der Waals surface area contributed by atoms with Crippen LogP contribution in [0.3, 0.4) is 0 Å². The van der Waals surface area contributed by atoms with E-state index in [4.69, 9.17) is 10.5 Å². The van der Waals surface area contributed by atoms with Gasteiger partial charge in [-0.1, -0.05) is 6.07 Å². The number of pyridine rings is 1. The molecular weight excluding hydrogens is 252 g/mol. The van der Waals surface area contributed by atoms with Crippen molar-refractivity contribution >= 4 is 16.9 Å². The lowest BCUT2D eigenvalue weighted by Crippen LogP contribution is -1.96. The number of ether oxygens (including phenoxy) is 1. The maximum atomic E-state index is 5.91. The van der Waals surface area contributed by atoms with E-state index >= 15 is 0 Å². The maximum Gasteiger partial charge on any atom is 0.221 e. The molecule has 0 saturated heterocycles. The number of anilines is 1. The minimum atomic E-state index is 0.476. The molecule has 0 amide bonds. The van der Waals surface area contributed by atoms with E-state index in [2.05, 4.69) is 15.0 Å². The molecule has 2 aromatic heterocycles. The van der Waals surface area contributed by atoms with Crippen LogP contribution in [0, 0.1) is 13.8 Å². The van der Waals surface area contributed by atoms with Gasteiger partial charge < -0.3 is 10.5 Å². The van der Waals surface area contributed by atoms with Gasteiger partial charge in [-0.3, -0.25) is 4.98 Å². The Bertz CT molecular complexity index is 786. The average Bonchev–Trinajstić information content (AvgIpc) is 2.44. The molecule has 0 spiro atoms. The van der Waals surface area contributed by atoms with Crippen LogP contribution in [0.2, 0.25) is 0 Å². The van der Waals surface area contributed by atoms with Crippen molar-refractivity contribution in [3.63, 3.8) is 0 Å². The summed E-state index contributed by atoms with van der Waals surface area (Å²) in [6.07, 6.45) is 3.24. The number of fused-ring (bicyclic) bond motifs is 1. The molecule has 3 rings (SSSR count). The van der Waals surface area contributed by atoms with Crippen LogP contribution in [-0.2, 0) is 0 Å². The third-order valence-electron chi connectivity index (χ3n) is 3.08. The highest BCUT2D eigenvalue weighted by molar-refractivity contribution is 5.69. The predicted molar refractivity (Wildman–Crippen MR) is 77.7 cm³/mol. The van der Waals surface area contributed by atoms with E-state index in [1.807, 2.05) is 32.0 Å². The molecule has 0 aliphatic carbocycles. The first-order chi connectivity index (χ1) is 9.63. The minimum Gasteiger partial charge on any atom is -0.439 e. The van der Waals surface area contributed by atoms with Gasteiger partial charge in [0.1, 0.15) is 11.3 Å². The normalized spacial score (nSPS) is 10.7. The number of aromatic nitrogens is 3. The van der Waals surface area contributed by atoms with Crippen molar-refractivity contribution < 1.29 is 4.74 Å². The standard InChI is InChI=1S/C15H14N4O/c1-9-7-10(2)13(8-11(9)16)20-14-4-3-12-15(19-14)18-6-5-17-12/h3-8H,16H2,1-2H3. The molecule has 0 aliphatic heterocycles. The van der Waals surface area contributed by atoms with Crippen molar-refractivity contribution in [1.82, 2.24) is 15.0 Å². The average molecular weight is 266 g/mol. The van der Waals surface area contributed by atoms with Crippen LogP contribution in [0.25, 0.3) is 11.2 Å². The molecule has 5 heteroatoms. The van der Waals surface area contributed by atoms with Gasteiger partial charge >= 0.3 is 0 Å². The largest absolute Gasteiger partial charge is 0.439 e. The summed E-state index contributed by atoms with van der Waals surface area (Å²) in [4.78, 5) is 12.7. The number of nitrogens with two attached hydrogens (primary N) is 1. The van der Waals surface area contributed by atoms with Gasteiger partial charge in [0, 0.05) is 30.2 Å². The molecule has 0 saturated carbocycles. The molecule has 2 heterocycles. The zero-order chi connectivity index (χ0) is 14.1. The number of rotatable bonds is 2. The van der Waals surface area contributed by atoms with E-state index in [1.165, 1.54) is 0 Å². The second kappa shape index (κ2) is 4.77. The number of aryl methyl sites for hydroxylation is 2. The molecule has 100 valence electrons. The second-order valence-corrected chi connectivity index (χ2v) is 4.62. The van der Waals surface area contributed by atoms with E-state index in [0.29, 0.717) is 23.0 Å². The van der Waals surface area contributed by atoms with Crippen LogP contribution in [0.4, 0.5) is 5.69 Å². The van der Waals surface area contributed by atoms with Crippen molar-refractivity contribution in [2.75, 3.05) is 5.73 Å². The molecule has 0 unspecified atom stereocenters. The van der Waals surface area contributed by atoms with Crippen molar-refractivity contribution in [3.05, 3.63) is 47.8 Å². The summed E-state index contributed by atoms with van der Waals surface area (Å²) in [6.45, 7) is 3.94. The van der Waals surface area contributed by atoms with E-state index in [-0.39, 0.29) is 0 Å². The third kappa shape index (κ3) is 2.25. The summed E-state index contributed by atoms with van der Waals surface area (Å²) in [6, 6.07) is 7.41. The Morgan fingerprint density at radius 3 is 2.65 bits per heavy atom. The van der Waals surface area contributed by atoms with Crippen molar-refractivity contribution in [2.24, 2.45) is 0 Å². The van der Waals surface area contributed by atoms with Gasteiger partial charge in [0.2, 0.25) is 5.88 Å². The molecule has 0 atom stereocenters. The smallest absolute Gasteiger partial charge is 0.221 e. The predicted octanol–water partition coefficient (Wildman–Crippen LogP) is 3.02. The highest BCUT2D eigenvalue weighted by Crippen LogP contribution is 2.28. The molecule has 0 radical (unpaired) electrons. The Labute approximate surface area is 116 Å². The minimum absolute atomic E-state index is 0.476. The van der Waals surface area contributed by atoms with Gasteiger partial charge in [-0.2, -0.15) is 4.98 Å². The summed E-state index contributed by atoms with van der Waals surface area (Å²) in [5.74, 6) is 1.17. The van der Waals surface area contributed by atoms with E-state index < -0.39 is 0 Å².